The Balaban J connectivity index is 7.11. The van der Waals surface area contributed by atoms with Crippen LogP contribution in [-0.4, -0.2) is 217 Å². The molecule has 0 unspecified atom stereocenters. The van der Waals surface area contributed by atoms with Crippen LogP contribution in [0.1, 0.15) is 152 Å². The molecule has 101 heavy (non-hydrogen) atoms. The van der Waals surface area contributed by atoms with E-state index in [0.29, 0.717) is 12.8 Å². The van der Waals surface area contributed by atoms with E-state index in [9.17, 15) is 72.5 Å². The van der Waals surface area contributed by atoms with Crippen LogP contribution < -0.4 is 116 Å². The molecule has 0 aliphatic heterocycles. The Labute approximate surface area is 588 Å². The van der Waals surface area contributed by atoms with E-state index in [1.165, 1.54) is 0 Å². The molecule has 14 atom stereocenters. The summed E-state index contributed by atoms with van der Waals surface area (Å²) in [6, 6.07) is -14.3. The van der Waals surface area contributed by atoms with E-state index >= 15 is 0 Å². The van der Waals surface area contributed by atoms with Gasteiger partial charge in [0.2, 0.25) is 70.9 Å². The summed E-state index contributed by atoms with van der Waals surface area (Å²) in [4.78, 5) is 192. The number of rotatable bonds is 51. The van der Waals surface area contributed by atoms with Gasteiger partial charge >= 0.3 is 5.97 Å². The standard InChI is InChI=1S/C61H115N25O15/c1-10-31(6)44(54(97)81-39(21-22-41(63)88)49(92)77-28-42(89)76-29-43(90)83-46(57(100)101)33(8)12-3)85-55(98)45(32(7)11-2)84-51(94)38(20-16-26-75-61(70)71)80-56(99)47(34(9)87)86-52(95)37(19-15-25-74-60(68)69)79-53(96)40(27-30(4)5)82-50(93)36(18-14-24-73-59(66)67)78-48(91)35(62)17-13-23-72-58(64)65/h30-40,44-47,87H,10-29,62H2,1-9H3,(H2,63,88)(H,76,89)(H,77,92)(H,78,91)(H,79,96)(H,80,99)(H,81,97)(H,82,93)(H,83,90)(H,84,94)(H,85,98)(H,86,95)(H,100,101)(H4,64,65,72)(H4,66,67,73)(H4,68,69,74)(H4,70,71,75)/t31-,32-,33-,34+,35-,36-,37-,38-,39-,40-,44-,45-,46-,47-/m0/s1. The first-order valence-corrected chi connectivity index (χ1v) is 33.7. The number of nitrogens with zero attached hydrogens (tertiary/aromatic N) is 4. The van der Waals surface area contributed by atoms with Gasteiger partial charge in [-0.3, -0.25) is 77.5 Å². The lowest BCUT2D eigenvalue weighted by molar-refractivity contribution is -0.143. The van der Waals surface area contributed by atoms with E-state index in [1.807, 2.05) is 0 Å². The molecule has 0 aliphatic rings. The first-order chi connectivity index (χ1) is 47.3. The Kier molecular flexibility index (Phi) is 44.0. The molecule has 0 heterocycles. The molecule has 40 nitrogen and oxygen atoms in total. The zero-order valence-corrected chi connectivity index (χ0v) is 59.6. The van der Waals surface area contributed by atoms with Crippen LogP contribution in [-0.2, 0) is 62.3 Å². The minimum Gasteiger partial charge on any atom is -0.480 e. The highest BCUT2D eigenvalue weighted by molar-refractivity contribution is 5.99. The third-order valence-corrected chi connectivity index (χ3v) is 16.0. The molecule has 0 aromatic heterocycles. The van der Waals surface area contributed by atoms with Gasteiger partial charge in [-0.15, -0.1) is 0 Å². The fourth-order valence-corrected chi connectivity index (χ4v) is 9.57. The third-order valence-electron chi connectivity index (χ3n) is 16.0. The second-order valence-electron chi connectivity index (χ2n) is 25.1. The van der Waals surface area contributed by atoms with Crippen LogP contribution in [0.25, 0.3) is 0 Å². The molecule has 0 aromatic rings. The van der Waals surface area contributed by atoms with Crippen LogP contribution in [0.4, 0.5) is 0 Å². The molecule has 0 saturated heterocycles. The lowest BCUT2D eigenvalue weighted by Gasteiger charge is -2.31. The van der Waals surface area contributed by atoms with Crippen molar-refractivity contribution in [3.05, 3.63) is 0 Å². The Morgan fingerprint density at radius 3 is 1.09 bits per heavy atom. The lowest BCUT2D eigenvalue weighted by atomic mass is 9.94. The van der Waals surface area contributed by atoms with Gasteiger partial charge in [0.1, 0.15) is 54.4 Å². The number of primary amides is 1. The maximum absolute atomic E-state index is 14.6. The van der Waals surface area contributed by atoms with E-state index < -0.39 is 181 Å². The van der Waals surface area contributed by atoms with Crippen molar-refractivity contribution < 1.29 is 72.5 Å². The Bertz CT molecular complexity index is 2840. The summed E-state index contributed by atoms with van der Waals surface area (Å²) in [6.45, 7) is 13.4. The van der Waals surface area contributed by atoms with Crippen LogP contribution in [0, 0.1) is 23.7 Å². The second-order valence-corrected chi connectivity index (χ2v) is 25.1. The molecule has 574 valence electrons. The van der Waals surface area contributed by atoms with Crippen molar-refractivity contribution >= 4 is 101 Å². The molecule has 33 N–H and O–H groups in total. The molecule has 0 radical (unpaired) electrons. The number of nitrogens with one attached hydrogen (secondary N) is 11. The molecule has 12 amide bonds. The molecule has 0 bridgehead atoms. The number of hydrogen-bond donors (Lipinski definition) is 23. The highest BCUT2D eigenvalue weighted by Crippen LogP contribution is 2.16. The number of carboxylic acids is 1. The molecule has 40 heteroatoms. The van der Waals surface area contributed by atoms with E-state index in [0.717, 1.165) is 6.92 Å². The third kappa shape index (κ3) is 38.3. The average molecular weight is 1440 g/mol. The van der Waals surface area contributed by atoms with Gasteiger partial charge in [-0.1, -0.05) is 74.7 Å². The van der Waals surface area contributed by atoms with Crippen molar-refractivity contribution in [2.75, 3.05) is 39.3 Å². The highest BCUT2D eigenvalue weighted by Gasteiger charge is 2.38. The Hall–Kier alpha value is -9.89. The van der Waals surface area contributed by atoms with Gasteiger partial charge in [-0.05, 0) is 94.8 Å². The number of aliphatic imine (C=N–C) groups is 4. The van der Waals surface area contributed by atoms with Gasteiger partial charge in [0.25, 0.3) is 0 Å². The molecule has 0 aliphatic carbocycles. The largest absolute Gasteiger partial charge is 0.480 e. The van der Waals surface area contributed by atoms with Gasteiger partial charge < -0.3 is 126 Å². The van der Waals surface area contributed by atoms with Crippen LogP contribution >= 0.6 is 0 Å². The molecule has 0 spiro atoms. The van der Waals surface area contributed by atoms with E-state index in [-0.39, 0.29) is 127 Å². The Morgan fingerprint density at radius 1 is 0.366 bits per heavy atom. The smallest absolute Gasteiger partial charge is 0.326 e. The highest BCUT2D eigenvalue weighted by atomic mass is 16.4. The predicted molar refractivity (Wildman–Crippen MR) is 377 cm³/mol. The summed E-state index contributed by atoms with van der Waals surface area (Å²) >= 11 is 0. The fraction of sp³-hybridized carbons (Fsp3) is 0.721. The van der Waals surface area contributed by atoms with Crippen LogP contribution in [0.3, 0.4) is 0 Å². The number of aliphatic hydroxyl groups excluding tert-OH is 1. The second kappa shape index (κ2) is 48.8. The van der Waals surface area contributed by atoms with Gasteiger partial charge in [0.15, 0.2) is 23.8 Å². The summed E-state index contributed by atoms with van der Waals surface area (Å²) in [5.41, 5.74) is 55.6. The van der Waals surface area contributed by atoms with Crippen molar-refractivity contribution in [1.82, 2.24) is 58.5 Å². The number of carboxylic acid groups (broad SMARTS) is 1. The van der Waals surface area contributed by atoms with Crippen LogP contribution in [0.5, 0.6) is 0 Å². The zero-order valence-electron chi connectivity index (χ0n) is 59.6. The summed E-state index contributed by atoms with van der Waals surface area (Å²) < 4.78 is 0. The van der Waals surface area contributed by atoms with Gasteiger partial charge in [-0.25, -0.2) is 4.79 Å². The molecule has 0 saturated carbocycles. The van der Waals surface area contributed by atoms with Crippen molar-refractivity contribution in [3.63, 3.8) is 0 Å². The quantitative estimate of drug-likeness (QED) is 0.0153. The maximum Gasteiger partial charge on any atom is 0.326 e. The van der Waals surface area contributed by atoms with Gasteiger partial charge in [-0.2, -0.15) is 0 Å². The molecule has 0 fully saturated rings. The molecule has 0 aromatic carbocycles. The van der Waals surface area contributed by atoms with E-state index in [4.69, 9.17) is 57.3 Å². The van der Waals surface area contributed by atoms with Crippen molar-refractivity contribution in [2.45, 2.75) is 219 Å². The number of nitrogens with two attached hydrogens (primary N) is 10. The predicted octanol–water partition coefficient (Wildman–Crippen LogP) is -7.96. The van der Waals surface area contributed by atoms with Crippen molar-refractivity contribution in [3.8, 4) is 0 Å². The normalized spacial score (nSPS) is 15.1. The number of aliphatic carboxylic acids is 1. The number of guanidine groups is 4. The summed E-state index contributed by atoms with van der Waals surface area (Å²) in [6.07, 6.45) is -1.29. The van der Waals surface area contributed by atoms with Crippen LogP contribution in [0.2, 0.25) is 0 Å². The number of hydrogen-bond acceptors (Lipinski definition) is 19. The minimum absolute atomic E-state index is 0.00489. The van der Waals surface area contributed by atoms with Gasteiger partial charge in [0, 0.05) is 32.6 Å². The SMILES string of the molecule is CC[C@H](C)[C@H](NC(=O)CNC(=O)CNC(=O)[C@H](CCC(N)=O)NC(=O)[C@@H](NC(=O)[C@@H](NC(=O)[C@H](CCCN=C(N)N)NC(=O)[C@@H](NC(=O)[C@H](CCCN=C(N)N)NC(=O)[C@H](CC(C)C)NC(=O)[C@H](CCCN=C(N)N)NC(=O)[C@@H](N)CCCN=C(N)N)[C@@H](C)O)[C@@H](C)CC)[C@@H](C)CC)C(=O)O. The molecular formula is C61H115N25O15. The number of carbonyl (C=O) groups excluding carboxylic acids is 12. The Morgan fingerprint density at radius 2 is 0.693 bits per heavy atom. The maximum atomic E-state index is 14.6. The van der Waals surface area contributed by atoms with Crippen molar-refractivity contribution in [1.29, 1.82) is 0 Å². The summed E-state index contributed by atoms with van der Waals surface area (Å²) in [5, 5.41) is 48.3. The number of amides is 12. The monoisotopic (exact) mass is 1440 g/mol. The average Bonchev–Trinajstić information content (AvgIpc) is 0.847. The number of aliphatic hydroxyl groups is 1. The topological polar surface area (TPSA) is 704 Å². The van der Waals surface area contributed by atoms with Gasteiger partial charge in [0.05, 0.1) is 25.2 Å². The summed E-state index contributed by atoms with van der Waals surface area (Å²) in [5.74, 6) is -15.1. The lowest BCUT2D eigenvalue weighted by Crippen LogP contribution is -2.63. The zero-order chi connectivity index (χ0) is 77.2. The fourth-order valence-electron chi connectivity index (χ4n) is 9.57. The molecular weight excluding hydrogens is 1320 g/mol. The minimum atomic E-state index is -1.86. The van der Waals surface area contributed by atoms with Crippen LogP contribution in [0.15, 0.2) is 20.0 Å². The first-order valence-electron chi connectivity index (χ1n) is 33.7. The van der Waals surface area contributed by atoms with E-state index in [2.05, 4.69) is 78.5 Å². The first kappa shape index (κ1) is 91.1. The summed E-state index contributed by atoms with van der Waals surface area (Å²) in [7, 11) is 0. The van der Waals surface area contributed by atoms with E-state index in [1.54, 1.807) is 55.4 Å². The molecule has 0 rings (SSSR count). The van der Waals surface area contributed by atoms with Crippen molar-refractivity contribution in [2.24, 2.45) is 101 Å². The number of carbonyl (C=O) groups is 13.